The summed E-state index contributed by atoms with van der Waals surface area (Å²) < 4.78 is 6.82. The van der Waals surface area contributed by atoms with Crippen molar-refractivity contribution in [1.29, 1.82) is 0 Å². The minimum absolute atomic E-state index is 0.219. The van der Waals surface area contributed by atoms with Crippen molar-refractivity contribution in [3.63, 3.8) is 0 Å². The van der Waals surface area contributed by atoms with Crippen molar-refractivity contribution in [2.75, 3.05) is 0 Å². The highest BCUT2D eigenvalue weighted by Crippen LogP contribution is 2.41. The molecule has 0 saturated carbocycles. The summed E-state index contributed by atoms with van der Waals surface area (Å²) in [7, 11) is 0. The van der Waals surface area contributed by atoms with E-state index in [-0.39, 0.29) is 6.10 Å². The van der Waals surface area contributed by atoms with Gasteiger partial charge in [0.1, 0.15) is 5.75 Å². The summed E-state index contributed by atoms with van der Waals surface area (Å²) >= 11 is 9.62. The summed E-state index contributed by atoms with van der Waals surface area (Å²) in [4.78, 5) is 0. The molecule has 1 aliphatic rings. The van der Waals surface area contributed by atoms with Crippen LogP contribution in [0.3, 0.4) is 0 Å². The van der Waals surface area contributed by atoms with Crippen molar-refractivity contribution in [3.05, 3.63) is 27.2 Å². The third-order valence-corrected chi connectivity index (χ3v) is 3.64. The van der Waals surface area contributed by atoms with Gasteiger partial charge in [-0.15, -0.1) is 0 Å². The zero-order chi connectivity index (χ0) is 12.6. The van der Waals surface area contributed by atoms with Crippen LogP contribution >= 0.6 is 27.5 Å². The summed E-state index contributed by atoms with van der Waals surface area (Å²) in [5.41, 5.74) is 1.15. The first-order chi connectivity index (χ1) is 7.97. The minimum atomic E-state index is 0.219. The molecule has 0 amide bonds. The van der Waals surface area contributed by atoms with E-state index in [4.69, 9.17) is 16.3 Å². The van der Waals surface area contributed by atoms with Gasteiger partial charge in [-0.3, -0.25) is 0 Å². The van der Waals surface area contributed by atoms with Crippen molar-refractivity contribution in [2.45, 2.75) is 45.4 Å². The van der Waals surface area contributed by atoms with Crippen LogP contribution in [0.5, 0.6) is 5.75 Å². The maximum Gasteiger partial charge on any atom is 0.138 e. The van der Waals surface area contributed by atoms with Crippen LogP contribution in [0.4, 0.5) is 0 Å². The average molecular weight is 319 g/mol. The first-order valence-corrected chi connectivity index (χ1v) is 7.06. The highest BCUT2D eigenvalue weighted by atomic mass is 79.9. The van der Waals surface area contributed by atoms with Gasteiger partial charge < -0.3 is 10.1 Å². The van der Waals surface area contributed by atoms with E-state index >= 15 is 0 Å². The van der Waals surface area contributed by atoms with Gasteiger partial charge in [-0.05, 0) is 35.0 Å². The molecule has 0 aliphatic carbocycles. The lowest BCUT2D eigenvalue weighted by atomic mass is 9.96. The summed E-state index contributed by atoms with van der Waals surface area (Å²) in [5.74, 6) is 0.923. The van der Waals surface area contributed by atoms with Crippen molar-refractivity contribution in [2.24, 2.45) is 0 Å². The Labute approximate surface area is 116 Å². The number of nitrogens with one attached hydrogen (secondary N) is 1. The molecule has 1 aliphatic heterocycles. The molecule has 0 fully saturated rings. The molecule has 2 nitrogen and oxygen atoms in total. The molecule has 17 heavy (non-hydrogen) atoms. The summed E-state index contributed by atoms with van der Waals surface area (Å²) in [5, 5.41) is 4.30. The number of fused-ring (bicyclic) bond motifs is 1. The second-order valence-corrected chi connectivity index (χ2v) is 6.13. The first kappa shape index (κ1) is 13.2. The van der Waals surface area contributed by atoms with Gasteiger partial charge in [-0.25, -0.2) is 0 Å². The lowest BCUT2D eigenvalue weighted by Crippen LogP contribution is -2.35. The molecule has 1 aromatic rings. The average Bonchev–Trinajstić information content (AvgIpc) is 2.19. The highest BCUT2D eigenvalue weighted by Gasteiger charge is 2.28. The largest absolute Gasteiger partial charge is 0.489 e. The van der Waals surface area contributed by atoms with Gasteiger partial charge in [0, 0.05) is 29.1 Å². The number of halogens is 2. The van der Waals surface area contributed by atoms with Crippen LogP contribution in [0, 0.1) is 0 Å². The number of benzene rings is 1. The lowest BCUT2D eigenvalue weighted by molar-refractivity contribution is 0.162. The van der Waals surface area contributed by atoms with Crippen LogP contribution in [0.1, 0.15) is 38.8 Å². The van der Waals surface area contributed by atoms with E-state index in [9.17, 15) is 0 Å². The van der Waals surface area contributed by atoms with Gasteiger partial charge >= 0.3 is 0 Å². The lowest BCUT2D eigenvalue weighted by Gasteiger charge is -2.33. The molecule has 2 unspecified atom stereocenters. The molecule has 4 heteroatoms. The fraction of sp³-hybridized carbons (Fsp3) is 0.538. The maximum atomic E-state index is 6.11. The van der Waals surface area contributed by atoms with Crippen LogP contribution < -0.4 is 10.1 Å². The molecular weight excluding hydrogens is 302 g/mol. The van der Waals surface area contributed by atoms with Crippen LogP contribution in [0.2, 0.25) is 5.02 Å². The van der Waals surface area contributed by atoms with E-state index in [1.54, 1.807) is 0 Å². The molecular formula is C13H17BrClNO. The molecule has 0 aromatic heterocycles. The summed E-state index contributed by atoms with van der Waals surface area (Å²) in [6, 6.07) is 4.62. The molecule has 2 rings (SSSR count). The van der Waals surface area contributed by atoms with Crippen LogP contribution in [0.25, 0.3) is 0 Å². The Kier molecular flexibility index (Phi) is 4.01. The van der Waals surface area contributed by atoms with Crippen LogP contribution in [0.15, 0.2) is 16.6 Å². The Morgan fingerprint density at radius 3 is 2.82 bits per heavy atom. The van der Waals surface area contributed by atoms with Gasteiger partial charge in [0.25, 0.3) is 0 Å². The molecule has 0 bridgehead atoms. The van der Waals surface area contributed by atoms with Crippen molar-refractivity contribution >= 4 is 27.5 Å². The van der Waals surface area contributed by atoms with E-state index < -0.39 is 0 Å². The molecule has 1 N–H and O–H groups in total. The normalized spacial score (nSPS) is 23.4. The Balaban J connectivity index is 2.41. The van der Waals surface area contributed by atoms with E-state index in [0.717, 1.165) is 27.2 Å². The molecule has 1 heterocycles. The van der Waals surface area contributed by atoms with Gasteiger partial charge in [0.2, 0.25) is 0 Å². The van der Waals surface area contributed by atoms with Crippen molar-refractivity contribution in [3.8, 4) is 5.75 Å². The second-order valence-electron chi connectivity index (χ2n) is 4.84. The SMILES string of the molecule is CC(C)NC1CC(C)Oc2c(Br)cc(Cl)cc21. The minimum Gasteiger partial charge on any atom is -0.489 e. The van der Waals surface area contributed by atoms with Crippen LogP contribution in [-0.4, -0.2) is 12.1 Å². The molecule has 0 spiro atoms. The third kappa shape index (κ3) is 2.95. The van der Waals surface area contributed by atoms with E-state index in [0.29, 0.717) is 12.1 Å². The number of hydrogen-bond acceptors (Lipinski definition) is 2. The fourth-order valence-electron chi connectivity index (χ4n) is 2.23. The molecule has 0 saturated heterocycles. The molecule has 1 aromatic carbocycles. The predicted molar refractivity (Wildman–Crippen MR) is 74.9 cm³/mol. The van der Waals surface area contributed by atoms with Crippen LogP contribution in [-0.2, 0) is 0 Å². The van der Waals surface area contributed by atoms with Gasteiger partial charge in [-0.2, -0.15) is 0 Å². The number of ether oxygens (including phenoxy) is 1. The monoisotopic (exact) mass is 317 g/mol. The summed E-state index contributed by atoms with van der Waals surface area (Å²) in [6.45, 7) is 6.40. The molecule has 0 radical (unpaired) electrons. The quantitative estimate of drug-likeness (QED) is 0.877. The topological polar surface area (TPSA) is 21.3 Å². The highest BCUT2D eigenvalue weighted by molar-refractivity contribution is 9.10. The Morgan fingerprint density at radius 2 is 2.18 bits per heavy atom. The van der Waals surface area contributed by atoms with E-state index in [1.807, 2.05) is 12.1 Å². The van der Waals surface area contributed by atoms with E-state index in [1.165, 1.54) is 0 Å². The summed E-state index contributed by atoms with van der Waals surface area (Å²) in [6.07, 6.45) is 1.19. The Bertz CT molecular complexity index is 422. The predicted octanol–water partition coefficient (Wildman–Crippen LogP) is 4.31. The standard InChI is InChI=1S/C13H17BrClNO/c1-7(2)16-12-4-8(3)17-13-10(12)5-9(15)6-11(13)14/h5-8,12,16H,4H2,1-3H3. The Hall–Kier alpha value is -0.250. The van der Waals surface area contributed by atoms with Crippen molar-refractivity contribution < 1.29 is 4.74 Å². The maximum absolute atomic E-state index is 6.11. The third-order valence-electron chi connectivity index (χ3n) is 2.83. The van der Waals surface area contributed by atoms with Gasteiger partial charge in [0.15, 0.2) is 0 Å². The van der Waals surface area contributed by atoms with E-state index in [2.05, 4.69) is 42.0 Å². The molecule has 2 atom stereocenters. The zero-order valence-corrected chi connectivity index (χ0v) is 12.6. The Morgan fingerprint density at radius 1 is 1.47 bits per heavy atom. The number of rotatable bonds is 2. The number of hydrogen-bond donors (Lipinski definition) is 1. The molecule has 94 valence electrons. The van der Waals surface area contributed by atoms with Gasteiger partial charge in [-0.1, -0.05) is 25.4 Å². The smallest absolute Gasteiger partial charge is 0.138 e. The van der Waals surface area contributed by atoms with Crippen molar-refractivity contribution in [1.82, 2.24) is 5.32 Å². The van der Waals surface area contributed by atoms with Gasteiger partial charge in [0.05, 0.1) is 10.6 Å². The first-order valence-electron chi connectivity index (χ1n) is 5.89. The second kappa shape index (κ2) is 5.17. The fourth-order valence-corrected chi connectivity index (χ4v) is 3.16. The zero-order valence-electron chi connectivity index (χ0n) is 10.3.